The number of hydrogen-bond acceptors (Lipinski definition) is 2. The molecule has 4 nitrogen and oxygen atoms in total. The van der Waals surface area contributed by atoms with Crippen LogP contribution in [0.3, 0.4) is 0 Å². The molecule has 4 rings (SSSR count). The molecule has 3 aromatic rings. The van der Waals surface area contributed by atoms with Gasteiger partial charge in [-0.2, -0.15) is 13.2 Å². The van der Waals surface area contributed by atoms with E-state index in [1.54, 1.807) is 18.2 Å². The molecule has 1 aliphatic rings. The van der Waals surface area contributed by atoms with Gasteiger partial charge in [-0.3, -0.25) is 9.59 Å². The normalized spacial score (nSPS) is 18.4. The van der Waals surface area contributed by atoms with Crippen molar-refractivity contribution in [3.63, 3.8) is 0 Å². The molecule has 1 fully saturated rings. The van der Waals surface area contributed by atoms with Crippen molar-refractivity contribution in [2.24, 2.45) is 5.92 Å². The molecule has 0 aliphatic heterocycles. The Morgan fingerprint density at radius 1 is 0.889 bits per heavy atom. The zero-order valence-corrected chi connectivity index (χ0v) is 20.8. The largest absolute Gasteiger partial charge is 0.417 e. The van der Waals surface area contributed by atoms with Crippen LogP contribution in [0.4, 0.5) is 28.9 Å². The van der Waals surface area contributed by atoms with Gasteiger partial charge in [-0.15, -0.1) is 23.2 Å². The van der Waals surface area contributed by atoms with Gasteiger partial charge >= 0.3 is 6.18 Å². The number of alkyl halides is 5. The standard InChI is InChI=1S/C24H14Cl4F4N2O2/c25-16-8-11(6-7-17(16)29)18-19(23(18,27)28)22(36)34-13-9-14(20(26)15(10-13)24(30,31)32)21(35)33-12-4-2-1-3-5-12/h1-10,18-19H,(H,33,35)(H,34,36). The Balaban J connectivity index is 1.63. The summed E-state index contributed by atoms with van der Waals surface area (Å²) in [5.74, 6) is -4.29. The molecule has 0 aromatic heterocycles. The minimum atomic E-state index is -4.92. The molecule has 2 atom stereocenters. The van der Waals surface area contributed by atoms with Gasteiger partial charge in [0.05, 0.1) is 27.1 Å². The highest BCUT2D eigenvalue weighted by Gasteiger charge is 2.67. The van der Waals surface area contributed by atoms with E-state index in [1.807, 2.05) is 0 Å². The molecule has 0 saturated heterocycles. The highest BCUT2D eigenvalue weighted by molar-refractivity contribution is 6.53. The smallest absolute Gasteiger partial charge is 0.326 e. The van der Waals surface area contributed by atoms with Gasteiger partial charge in [0.25, 0.3) is 5.91 Å². The van der Waals surface area contributed by atoms with Gasteiger partial charge in [0.2, 0.25) is 5.91 Å². The van der Waals surface area contributed by atoms with Crippen molar-refractivity contribution >= 4 is 69.6 Å². The van der Waals surface area contributed by atoms with Crippen LogP contribution in [0.5, 0.6) is 0 Å². The van der Waals surface area contributed by atoms with Gasteiger partial charge in [-0.25, -0.2) is 4.39 Å². The number of carbonyl (C=O) groups excluding carboxylic acids is 2. The second-order valence-corrected chi connectivity index (χ2v) is 10.2. The molecular weight excluding hydrogens is 566 g/mol. The summed E-state index contributed by atoms with van der Waals surface area (Å²) in [6, 6.07) is 13.4. The zero-order chi connectivity index (χ0) is 26.4. The Bertz CT molecular complexity index is 1350. The summed E-state index contributed by atoms with van der Waals surface area (Å²) >= 11 is 24.3. The van der Waals surface area contributed by atoms with Crippen LogP contribution in [0, 0.1) is 11.7 Å². The first-order valence-electron chi connectivity index (χ1n) is 10.2. The number of nitrogens with one attached hydrogen (secondary N) is 2. The first-order chi connectivity index (χ1) is 16.8. The molecule has 12 heteroatoms. The van der Waals surface area contributed by atoms with Crippen molar-refractivity contribution in [3.8, 4) is 0 Å². The zero-order valence-electron chi connectivity index (χ0n) is 17.8. The fraction of sp³-hybridized carbons (Fsp3) is 0.167. The topological polar surface area (TPSA) is 58.2 Å². The van der Waals surface area contributed by atoms with E-state index in [0.717, 1.165) is 12.1 Å². The lowest BCUT2D eigenvalue weighted by Gasteiger charge is -2.16. The Hall–Kier alpha value is -2.52. The quantitative estimate of drug-likeness (QED) is 0.238. The second kappa shape index (κ2) is 9.74. The molecule has 0 heterocycles. The lowest BCUT2D eigenvalue weighted by Crippen LogP contribution is -2.20. The molecule has 2 unspecified atom stereocenters. The summed E-state index contributed by atoms with van der Waals surface area (Å²) in [6.07, 6.45) is -4.92. The van der Waals surface area contributed by atoms with Crippen molar-refractivity contribution in [2.45, 2.75) is 16.4 Å². The Morgan fingerprint density at radius 2 is 1.56 bits per heavy atom. The summed E-state index contributed by atoms with van der Waals surface area (Å²) in [6.45, 7) is 0. The van der Waals surface area contributed by atoms with Crippen LogP contribution >= 0.6 is 46.4 Å². The minimum Gasteiger partial charge on any atom is -0.326 e. The highest BCUT2D eigenvalue weighted by atomic mass is 35.5. The van der Waals surface area contributed by atoms with Gasteiger partial charge in [0, 0.05) is 17.3 Å². The van der Waals surface area contributed by atoms with E-state index in [1.165, 1.54) is 24.3 Å². The van der Waals surface area contributed by atoms with Crippen molar-refractivity contribution in [2.75, 3.05) is 10.6 Å². The van der Waals surface area contributed by atoms with Gasteiger partial charge in [0.1, 0.15) is 10.2 Å². The monoisotopic (exact) mass is 578 g/mol. The van der Waals surface area contributed by atoms with Crippen LogP contribution in [0.2, 0.25) is 10.0 Å². The first-order valence-corrected chi connectivity index (χ1v) is 11.7. The van der Waals surface area contributed by atoms with E-state index in [-0.39, 0.29) is 10.7 Å². The Kier molecular flexibility index (Phi) is 7.18. The fourth-order valence-electron chi connectivity index (χ4n) is 3.78. The van der Waals surface area contributed by atoms with Gasteiger partial charge in [-0.1, -0.05) is 47.5 Å². The third kappa shape index (κ3) is 5.27. The molecule has 1 saturated carbocycles. The average Bonchev–Trinajstić information content (AvgIpc) is 3.38. The lowest BCUT2D eigenvalue weighted by atomic mass is 10.1. The number of hydrogen-bond donors (Lipinski definition) is 2. The number of carbonyl (C=O) groups is 2. The summed E-state index contributed by atoms with van der Waals surface area (Å²) < 4.78 is 52.9. The minimum absolute atomic E-state index is 0.204. The SMILES string of the molecule is O=C(Nc1ccccc1)c1cc(NC(=O)C2C(c3ccc(F)c(Cl)c3)C2(Cl)Cl)cc(C(F)(F)F)c1Cl. The van der Waals surface area contributed by atoms with E-state index >= 15 is 0 Å². The van der Waals surface area contributed by atoms with Crippen LogP contribution in [0.15, 0.2) is 60.7 Å². The number of anilines is 2. The van der Waals surface area contributed by atoms with Gasteiger partial charge < -0.3 is 10.6 Å². The maximum atomic E-state index is 13.7. The predicted molar refractivity (Wildman–Crippen MR) is 132 cm³/mol. The van der Waals surface area contributed by atoms with E-state index in [0.29, 0.717) is 17.3 Å². The van der Waals surface area contributed by atoms with E-state index in [2.05, 4.69) is 10.6 Å². The second-order valence-electron chi connectivity index (χ2n) is 8.00. The molecule has 36 heavy (non-hydrogen) atoms. The van der Waals surface area contributed by atoms with E-state index < -0.39 is 56.1 Å². The predicted octanol–water partition coefficient (Wildman–Crippen LogP) is 7.93. The van der Waals surface area contributed by atoms with Crippen LogP contribution in [-0.4, -0.2) is 16.1 Å². The highest BCUT2D eigenvalue weighted by Crippen LogP contribution is 2.65. The van der Waals surface area contributed by atoms with Gasteiger partial charge in [0.15, 0.2) is 0 Å². The third-order valence-corrected chi connectivity index (χ3v) is 7.20. The van der Waals surface area contributed by atoms with Gasteiger partial charge in [-0.05, 0) is 42.0 Å². The average molecular weight is 580 g/mol. The van der Waals surface area contributed by atoms with Crippen molar-refractivity contribution in [1.82, 2.24) is 0 Å². The van der Waals surface area contributed by atoms with Crippen molar-refractivity contribution in [1.29, 1.82) is 0 Å². The molecular formula is C24H14Cl4F4N2O2. The van der Waals surface area contributed by atoms with E-state index in [4.69, 9.17) is 46.4 Å². The lowest BCUT2D eigenvalue weighted by molar-refractivity contribution is -0.137. The summed E-state index contributed by atoms with van der Waals surface area (Å²) in [5.41, 5.74) is -1.47. The summed E-state index contributed by atoms with van der Waals surface area (Å²) in [5, 5.41) is 3.75. The number of rotatable bonds is 5. The maximum absolute atomic E-state index is 13.7. The molecule has 0 radical (unpaired) electrons. The van der Waals surface area contributed by atoms with E-state index in [9.17, 15) is 27.2 Å². The van der Waals surface area contributed by atoms with Crippen molar-refractivity contribution in [3.05, 3.63) is 93.2 Å². The van der Waals surface area contributed by atoms with Crippen LogP contribution in [-0.2, 0) is 11.0 Å². The number of para-hydroxylation sites is 1. The third-order valence-electron chi connectivity index (χ3n) is 5.56. The fourth-order valence-corrected chi connectivity index (χ4v) is 5.10. The molecule has 0 spiro atoms. The molecule has 2 N–H and O–H groups in total. The molecule has 188 valence electrons. The molecule has 0 bridgehead atoms. The Labute approximate surface area is 222 Å². The Morgan fingerprint density at radius 3 is 2.17 bits per heavy atom. The summed E-state index contributed by atoms with van der Waals surface area (Å²) in [7, 11) is 0. The van der Waals surface area contributed by atoms with Crippen molar-refractivity contribution < 1.29 is 27.2 Å². The molecule has 1 aliphatic carbocycles. The van der Waals surface area contributed by atoms with Crippen LogP contribution in [0.25, 0.3) is 0 Å². The number of amides is 2. The maximum Gasteiger partial charge on any atom is 0.417 e. The molecule has 2 amide bonds. The number of halogens is 8. The first kappa shape index (κ1) is 26.5. The summed E-state index contributed by atoms with van der Waals surface area (Å²) in [4.78, 5) is 25.7. The number of benzene rings is 3. The van der Waals surface area contributed by atoms with Crippen LogP contribution < -0.4 is 10.6 Å². The molecule has 3 aromatic carbocycles. The van der Waals surface area contributed by atoms with Crippen LogP contribution in [0.1, 0.15) is 27.4 Å².